The predicted octanol–water partition coefficient (Wildman–Crippen LogP) is 2.84. The van der Waals surface area contributed by atoms with Crippen LogP contribution in [0.4, 0.5) is 0 Å². The second-order valence-corrected chi connectivity index (χ2v) is 5.25. The van der Waals surface area contributed by atoms with Crippen LogP contribution in [0, 0.1) is 0 Å². The Balaban J connectivity index is 2.21. The minimum Gasteiger partial charge on any atom is -0.381 e. The van der Waals surface area contributed by atoms with E-state index in [-0.39, 0.29) is 5.91 Å². The molecular formula is C12H18BrNO2S. The second-order valence-electron chi connectivity index (χ2n) is 3.54. The molecule has 0 fully saturated rings. The molecule has 5 heteroatoms. The lowest BCUT2D eigenvalue weighted by Crippen LogP contribution is -2.25. The fraction of sp³-hybridized carbons (Fsp3) is 0.583. The summed E-state index contributed by atoms with van der Waals surface area (Å²) in [5.41, 5.74) is 1.13. The number of hydrogen-bond donors (Lipinski definition) is 1. The zero-order chi connectivity index (χ0) is 12.5. The molecule has 0 aliphatic carbocycles. The van der Waals surface area contributed by atoms with Crippen LogP contribution in [-0.4, -0.2) is 31.0 Å². The maximum Gasteiger partial charge on any atom is 0.261 e. The minimum atomic E-state index is 0.0392. The summed E-state index contributed by atoms with van der Waals surface area (Å²) >= 11 is 4.80. The molecule has 0 unspecified atom stereocenters. The Kier molecular flexibility index (Phi) is 7.48. The molecule has 0 saturated heterocycles. The molecule has 0 saturated carbocycles. The topological polar surface area (TPSA) is 38.3 Å². The highest BCUT2D eigenvalue weighted by molar-refractivity contribution is 9.09. The second kappa shape index (κ2) is 8.66. The Labute approximate surface area is 115 Å². The smallest absolute Gasteiger partial charge is 0.261 e. The van der Waals surface area contributed by atoms with Crippen LogP contribution in [-0.2, 0) is 11.2 Å². The highest BCUT2D eigenvalue weighted by atomic mass is 79.9. The zero-order valence-electron chi connectivity index (χ0n) is 10.0. The van der Waals surface area contributed by atoms with Gasteiger partial charge in [-0.05, 0) is 29.9 Å². The third-order valence-corrected chi connectivity index (χ3v) is 3.59. The van der Waals surface area contributed by atoms with Gasteiger partial charge in [0.25, 0.3) is 5.91 Å². The molecule has 0 radical (unpaired) electrons. The summed E-state index contributed by atoms with van der Waals surface area (Å²) in [7, 11) is 0. The molecule has 17 heavy (non-hydrogen) atoms. The van der Waals surface area contributed by atoms with Gasteiger partial charge in [-0.2, -0.15) is 0 Å². The molecule has 1 amide bonds. The number of rotatable bonds is 8. The number of carbonyl (C=O) groups is 1. The normalized spacial score (nSPS) is 10.5. The molecule has 0 bridgehead atoms. The molecule has 1 aromatic rings. The molecule has 0 spiro atoms. The molecule has 0 aromatic carbocycles. The van der Waals surface area contributed by atoms with E-state index in [0.29, 0.717) is 13.2 Å². The third kappa shape index (κ3) is 5.19. The van der Waals surface area contributed by atoms with E-state index in [1.165, 1.54) is 11.3 Å². The van der Waals surface area contributed by atoms with Gasteiger partial charge in [0.1, 0.15) is 0 Å². The summed E-state index contributed by atoms with van der Waals surface area (Å²) in [6.45, 7) is 4.14. The van der Waals surface area contributed by atoms with Crippen molar-refractivity contribution in [3.05, 3.63) is 21.9 Å². The molecule has 3 nitrogen and oxygen atoms in total. The Morgan fingerprint density at radius 3 is 3.06 bits per heavy atom. The first-order valence-electron chi connectivity index (χ1n) is 5.77. The molecule has 0 aliphatic heterocycles. The van der Waals surface area contributed by atoms with E-state index in [1.54, 1.807) is 0 Å². The van der Waals surface area contributed by atoms with Gasteiger partial charge >= 0.3 is 0 Å². The SMILES string of the molecule is CCc1ccsc1C(=O)NCCCOCCBr. The van der Waals surface area contributed by atoms with Gasteiger partial charge in [-0.3, -0.25) is 4.79 Å². The average Bonchev–Trinajstić information content (AvgIpc) is 2.81. The maximum absolute atomic E-state index is 11.8. The van der Waals surface area contributed by atoms with Gasteiger partial charge in [0.15, 0.2) is 0 Å². The van der Waals surface area contributed by atoms with Gasteiger partial charge < -0.3 is 10.1 Å². The van der Waals surface area contributed by atoms with Gasteiger partial charge in [-0.15, -0.1) is 11.3 Å². The van der Waals surface area contributed by atoms with Crippen molar-refractivity contribution in [1.29, 1.82) is 0 Å². The first-order chi connectivity index (χ1) is 8.29. The number of thiophene rings is 1. The summed E-state index contributed by atoms with van der Waals surface area (Å²) in [6, 6.07) is 2.01. The summed E-state index contributed by atoms with van der Waals surface area (Å²) in [4.78, 5) is 12.7. The lowest BCUT2D eigenvalue weighted by molar-refractivity contribution is 0.0948. The van der Waals surface area contributed by atoms with Crippen molar-refractivity contribution in [3.63, 3.8) is 0 Å². The quantitative estimate of drug-likeness (QED) is 0.591. The van der Waals surface area contributed by atoms with Crippen molar-refractivity contribution in [2.24, 2.45) is 0 Å². The van der Waals surface area contributed by atoms with E-state index in [0.717, 1.165) is 35.2 Å². The van der Waals surface area contributed by atoms with Gasteiger partial charge in [0.2, 0.25) is 0 Å². The lowest BCUT2D eigenvalue weighted by atomic mass is 10.2. The summed E-state index contributed by atoms with van der Waals surface area (Å²) in [6.07, 6.45) is 1.76. The van der Waals surface area contributed by atoms with Crippen molar-refractivity contribution >= 4 is 33.2 Å². The van der Waals surface area contributed by atoms with E-state index >= 15 is 0 Å². The first-order valence-corrected chi connectivity index (χ1v) is 7.78. The van der Waals surface area contributed by atoms with E-state index < -0.39 is 0 Å². The highest BCUT2D eigenvalue weighted by Gasteiger charge is 2.10. The number of alkyl halides is 1. The van der Waals surface area contributed by atoms with Gasteiger partial charge in [0.05, 0.1) is 11.5 Å². The fourth-order valence-electron chi connectivity index (χ4n) is 1.43. The maximum atomic E-state index is 11.8. The number of nitrogens with one attached hydrogen (secondary N) is 1. The largest absolute Gasteiger partial charge is 0.381 e. The van der Waals surface area contributed by atoms with Crippen LogP contribution in [0.2, 0.25) is 0 Å². The van der Waals surface area contributed by atoms with Crippen LogP contribution in [0.25, 0.3) is 0 Å². The molecule has 1 aromatic heterocycles. The lowest BCUT2D eigenvalue weighted by Gasteiger charge is -2.05. The Bertz CT molecular complexity index is 341. The number of ether oxygens (including phenoxy) is 1. The minimum absolute atomic E-state index is 0.0392. The van der Waals surface area contributed by atoms with Crippen LogP contribution < -0.4 is 5.32 Å². The van der Waals surface area contributed by atoms with E-state index in [2.05, 4.69) is 28.2 Å². The number of amides is 1. The summed E-state index contributed by atoms with van der Waals surface area (Å²) < 4.78 is 5.30. The molecule has 0 atom stereocenters. The van der Waals surface area contributed by atoms with Crippen LogP contribution in [0.15, 0.2) is 11.4 Å². The zero-order valence-corrected chi connectivity index (χ0v) is 12.4. The summed E-state index contributed by atoms with van der Waals surface area (Å²) in [5.74, 6) is 0.0392. The van der Waals surface area contributed by atoms with Crippen LogP contribution in [0.3, 0.4) is 0 Å². The molecular weight excluding hydrogens is 302 g/mol. The number of hydrogen-bond acceptors (Lipinski definition) is 3. The van der Waals surface area contributed by atoms with Crippen molar-refractivity contribution in [3.8, 4) is 0 Å². The summed E-state index contributed by atoms with van der Waals surface area (Å²) in [5, 5.41) is 5.74. The fourth-order valence-corrected chi connectivity index (χ4v) is 2.57. The molecule has 0 aliphatic rings. The van der Waals surface area contributed by atoms with E-state index in [9.17, 15) is 4.79 Å². The number of carbonyl (C=O) groups excluding carboxylic acids is 1. The number of halogens is 1. The highest BCUT2D eigenvalue weighted by Crippen LogP contribution is 2.16. The van der Waals surface area contributed by atoms with E-state index in [1.807, 2.05) is 11.4 Å². The Morgan fingerprint density at radius 2 is 2.35 bits per heavy atom. The van der Waals surface area contributed by atoms with Crippen LogP contribution >= 0.6 is 27.3 Å². The Morgan fingerprint density at radius 1 is 1.53 bits per heavy atom. The monoisotopic (exact) mass is 319 g/mol. The molecule has 1 rings (SSSR count). The van der Waals surface area contributed by atoms with Gasteiger partial charge in [-0.1, -0.05) is 22.9 Å². The molecule has 96 valence electrons. The third-order valence-electron chi connectivity index (χ3n) is 2.31. The van der Waals surface area contributed by atoms with E-state index in [4.69, 9.17) is 4.74 Å². The van der Waals surface area contributed by atoms with Crippen molar-refractivity contribution in [2.75, 3.05) is 25.1 Å². The molecule has 1 heterocycles. The van der Waals surface area contributed by atoms with Crippen molar-refractivity contribution in [2.45, 2.75) is 19.8 Å². The standard InChI is InChI=1S/C12H18BrNO2S/c1-2-10-4-9-17-11(10)12(15)14-6-3-7-16-8-5-13/h4,9H,2-3,5-8H2,1H3,(H,14,15). The van der Waals surface area contributed by atoms with Crippen LogP contribution in [0.5, 0.6) is 0 Å². The Hall–Kier alpha value is -0.390. The number of aryl methyl sites for hydroxylation is 1. The predicted molar refractivity (Wildman–Crippen MR) is 75.3 cm³/mol. The molecule has 1 N–H and O–H groups in total. The van der Waals surface area contributed by atoms with Crippen molar-refractivity contribution < 1.29 is 9.53 Å². The average molecular weight is 320 g/mol. The van der Waals surface area contributed by atoms with Gasteiger partial charge in [0, 0.05) is 18.5 Å². The van der Waals surface area contributed by atoms with Crippen LogP contribution in [0.1, 0.15) is 28.6 Å². The van der Waals surface area contributed by atoms with Gasteiger partial charge in [-0.25, -0.2) is 0 Å². The first kappa shape index (κ1) is 14.7. The van der Waals surface area contributed by atoms with Crippen molar-refractivity contribution in [1.82, 2.24) is 5.32 Å².